The Morgan fingerprint density at radius 2 is 1.17 bits per heavy atom. The summed E-state index contributed by atoms with van der Waals surface area (Å²) in [5, 5.41) is 8.85. The van der Waals surface area contributed by atoms with Crippen LogP contribution in [0.4, 0.5) is 0 Å². The fraction of sp³-hybridized carbons (Fsp3) is 0.270. The molecule has 0 radical (unpaired) electrons. The molecular weight excluding hydrogens is 588 g/mol. The number of ether oxygens (including phenoxy) is 5. The fourth-order valence-corrected chi connectivity index (χ4v) is 3.94. The number of carbonyl (C=O) groups is 3. The van der Waals surface area contributed by atoms with E-state index in [9.17, 15) is 14.4 Å². The molecule has 0 unspecified atom stereocenters. The Morgan fingerprint density at radius 3 is 1.76 bits per heavy atom. The molecule has 0 saturated heterocycles. The van der Waals surface area contributed by atoms with Crippen LogP contribution in [0.1, 0.15) is 38.2 Å². The summed E-state index contributed by atoms with van der Waals surface area (Å²) >= 11 is 0. The molecule has 9 heteroatoms. The Bertz CT molecular complexity index is 1470. The molecule has 0 amide bonds. The zero-order chi connectivity index (χ0) is 33.1. The van der Waals surface area contributed by atoms with Crippen LogP contribution in [-0.4, -0.2) is 56.0 Å². The quantitative estimate of drug-likeness (QED) is 0.0687. The summed E-state index contributed by atoms with van der Waals surface area (Å²) in [6, 6.07) is 22.2. The minimum absolute atomic E-state index is 0.0635. The number of carbonyl (C=O) groups excluding carboxylic acids is 3. The summed E-state index contributed by atoms with van der Waals surface area (Å²) in [6.07, 6.45) is 6.50. The maximum absolute atomic E-state index is 12.3. The van der Waals surface area contributed by atoms with Crippen molar-refractivity contribution < 1.29 is 43.2 Å². The molecule has 3 aromatic carbocycles. The van der Waals surface area contributed by atoms with Gasteiger partial charge in [-0.3, -0.25) is 0 Å². The summed E-state index contributed by atoms with van der Waals surface area (Å²) in [5.74, 6) is 0.324. The second-order valence-electron chi connectivity index (χ2n) is 10.3. The van der Waals surface area contributed by atoms with Crippen LogP contribution in [0.5, 0.6) is 17.2 Å². The minimum atomic E-state index is -0.552. The van der Waals surface area contributed by atoms with Crippen LogP contribution in [0.2, 0.25) is 0 Å². The van der Waals surface area contributed by atoms with E-state index >= 15 is 0 Å². The number of rotatable bonds is 19. The van der Waals surface area contributed by atoms with Gasteiger partial charge >= 0.3 is 17.9 Å². The number of hydrogen-bond donors (Lipinski definition) is 1. The molecule has 242 valence electrons. The lowest BCUT2D eigenvalue weighted by Crippen LogP contribution is -2.12. The molecule has 0 bridgehead atoms. The third kappa shape index (κ3) is 12.8. The first kappa shape index (κ1) is 35.3. The van der Waals surface area contributed by atoms with Crippen molar-refractivity contribution in [2.24, 2.45) is 0 Å². The molecular formula is C37H40O9. The highest BCUT2D eigenvalue weighted by atomic mass is 16.6. The molecule has 1 N–H and O–H groups in total. The third-order valence-corrected chi connectivity index (χ3v) is 6.51. The van der Waals surface area contributed by atoms with Crippen LogP contribution >= 0.6 is 0 Å². The molecule has 46 heavy (non-hydrogen) atoms. The molecule has 9 nitrogen and oxygen atoms in total. The van der Waals surface area contributed by atoms with Crippen LogP contribution < -0.4 is 14.2 Å². The summed E-state index contributed by atoms with van der Waals surface area (Å²) < 4.78 is 26.8. The van der Waals surface area contributed by atoms with Crippen LogP contribution in [0.15, 0.2) is 103 Å². The molecule has 0 saturated carbocycles. The summed E-state index contributed by atoms with van der Waals surface area (Å²) in [7, 11) is 0. The van der Waals surface area contributed by atoms with E-state index in [2.05, 4.69) is 13.2 Å². The summed E-state index contributed by atoms with van der Waals surface area (Å²) in [5.41, 5.74) is 3.17. The molecule has 3 aromatic rings. The summed E-state index contributed by atoms with van der Waals surface area (Å²) in [4.78, 5) is 35.1. The molecule has 0 aromatic heterocycles. The number of hydrogen-bond acceptors (Lipinski definition) is 9. The van der Waals surface area contributed by atoms with Crippen molar-refractivity contribution in [3.63, 3.8) is 0 Å². The second-order valence-corrected chi connectivity index (χ2v) is 10.3. The molecule has 0 aliphatic carbocycles. The van der Waals surface area contributed by atoms with Gasteiger partial charge in [-0.15, -0.1) is 0 Å². The Hall–Kier alpha value is -5.15. The van der Waals surface area contributed by atoms with Gasteiger partial charge in [-0.2, -0.15) is 0 Å². The van der Waals surface area contributed by atoms with E-state index < -0.39 is 24.5 Å². The van der Waals surface area contributed by atoms with Gasteiger partial charge in [0.05, 0.1) is 25.4 Å². The molecule has 0 aliphatic rings. The third-order valence-electron chi connectivity index (χ3n) is 6.51. The number of benzene rings is 3. The molecule has 3 rings (SSSR count). The van der Waals surface area contributed by atoms with Crippen LogP contribution in [0.3, 0.4) is 0 Å². The van der Waals surface area contributed by atoms with Crippen molar-refractivity contribution in [3.05, 3.63) is 109 Å². The van der Waals surface area contributed by atoms with Crippen molar-refractivity contribution >= 4 is 24.0 Å². The lowest BCUT2D eigenvalue weighted by Gasteiger charge is -2.08. The Kier molecular flexibility index (Phi) is 14.8. The lowest BCUT2D eigenvalue weighted by molar-refractivity contribution is -0.140. The van der Waals surface area contributed by atoms with Crippen molar-refractivity contribution in [3.8, 4) is 28.4 Å². The molecule has 0 fully saturated rings. The highest BCUT2D eigenvalue weighted by molar-refractivity contribution is 5.89. The lowest BCUT2D eigenvalue weighted by atomic mass is 10.1. The minimum Gasteiger partial charge on any atom is -0.494 e. The topological polar surface area (TPSA) is 118 Å². The van der Waals surface area contributed by atoms with Gasteiger partial charge in [0.25, 0.3) is 0 Å². The van der Waals surface area contributed by atoms with Crippen molar-refractivity contribution in [1.82, 2.24) is 0 Å². The highest BCUT2D eigenvalue weighted by Crippen LogP contribution is 2.25. The van der Waals surface area contributed by atoms with Crippen molar-refractivity contribution in [1.29, 1.82) is 0 Å². The normalized spacial score (nSPS) is 10.7. The second kappa shape index (κ2) is 19.3. The maximum atomic E-state index is 12.3. The van der Waals surface area contributed by atoms with E-state index in [1.165, 1.54) is 6.08 Å². The van der Waals surface area contributed by atoms with Gasteiger partial charge in [-0.05, 0) is 91.8 Å². The first-order chi connectivity index (χ1) is 22.2. The number of esters is 3. The molecule has 0 atom stereocenters. The molecule has 0 aliphatic heterocycles. The highest BCUT2D eigenvalue weighted by Gasteiger charge is 2.07. The van der Waals surface area contributed by atoms with E-state index in [1.54, 1.807) is 49.4 Å². The number of aliphatic hydroxyl groups excluding tert-OH is 1. The van der Waals surface area contributed by atoms with Crippen molar-refractivity contribution in [2.45, 2.75) is 32.6 Å². The SMILES string of the molecule is C=C(C)C(=O)OCCOc1ccc(/C=C/C(=O)Oc2ccc(-c3ccc(OCCCCCCOC(=O)C(=C)CO)cc3)cc2)cc1. The smallest absolute Gasteiger partial charge is 0.336 e. The van der Waals surface area contributed by atoms with Crippen LogP contribution in [0.25, 0.3) is 17.2 Å². The zero-order valence-electron chi connectivity index (χ0n) is 26.1. The van der Waals surface area contributed by atoms with E-state index in [-0.39, 0.29) is 18.8 Å². The monoisotopic (exact) mass is 628 g/mol. The molecule has 0 spiro atoms. The average Bonchev–Trinajstić information content (AvgIpc) is 3.07. The van der Waals surface area contributed by atoms with Gasteiger partial charge in [-0.25, -0.2) is 14.4 Å². The molecule has 0 heterocycles. The van der Waals surface area contributed by atoms with Gasteiger partial charge in [0.15, 0.2) is 0 Å². The summed E-state index contributed by atoms with van der Waals surface area (Å²) in [6.45, 7) is 9.39. The van der Waals surface area contributed by atoms with E-state index in [0.717, 1.165) is 48.1 Å². The first-order valence-electron chi connectivity index (χ1n) is 15.0. The Labute approximate surface area is 269 Å². The number of aliphatic hydroxyl groups is 1. The Balaban J connectivity index is 1.34. The fourth-order valence-electron chi connectivity index (χ4n) is 3.94. The van der Waals surface area contributed by atoms with E-state index in [4.69, 9.17) is 28.8 Å². The van der Waals surface area contributed by atoms with Gasteiger partial charge < -0.3 is 28.8 Å². The van der Waals surface area contributed by atoms with Crippen LogP contribution in [0, 0.1) is 0 Å². The van der Waals surface area contributed by atoms with E-state index in [0.29, 0.717) is 30.3 Å². The predicted molar refractivity (Wildman–Crippen MR) is 175 cm³/mol. The van der Waals surface area contributed by atoms with E-state index in [1.807, 2.05) is 36.4 Å². The Morgan fingerprint density at radius 1 is 0.652 bits per heavy atom. The predicted octanol–water partition coefficient (Wildman–Crippen LogP) is 6.50. The van der Waals surface area contributed by atoms with Gasteiger partial charge in [-0.1, -0.05) is 49.6 Å². The van der Waals surface area contributed by atoms with Gasteiger partial charge in [0.2, 0.25) is 0 Å². The zero-order valence-corrected chi connectivity index (χ0v) is 26.1. The standard InChI is InChI=1S/C37H40O9/c1-27(2)36(40)45-25-24-43-32-15-8-29(9-16-32)10-21-35(39)46-34-19-13-31(14-20-34)30-11-17-33(18-12-30)42-22-6-4-5-7-23-44-37(41)28(3)26-38/h8-21,38H,1,3-7,22-26H2,2H3/b21-10+. The van der Waals surface area contributed by atoms with Crippen molar-refractivity contribution in [2.75, 3.05) is 33.0 Å². The largest absolute Gasteiger partial charge is 0.494 e. The van der Waals surface area contributed by atoms with Gasteiger partial charge in [0.1, 0.15) is 30.5 Å². The average molecular weight is 629 g/mol. The first-order valence-corrected chi connectivity index (χ1v) is 15.0. The maximum Gasteiger partial charge on any atom is 0.336 e. The van der Waals surface area contributed by atoms with Gasteiger partial charge in [0, 0.05) is 11.6 Å². The van der Waals surface area contributed by atoms with Crippen LogP contribution in [-0.2, 0) is 23.9 Å². The number of unbranched alkanes of at least 4 members (excludes halogenated alkanes) is 3.